The van der Waals surface area contributed by atoms with Gasteiger partial charge in [0.1, 0.15) is 11.2 Å². The second-order valence-corrected chi connectivity index (χ2v) is 7.61. The highest BCUT2D eigenvalue weighted by Crippen LogP contribution is 2.33. The van der Waals surface area contributed by atoms with Crippen molar-refractivity contribution in [3.8, 4) is 0 Å². The van der Waals surface area contributed by atoms with Gasteiger partial charge in [-0.2, -0.15) is 0 Å². The number of hydrogen-bond donors (Lipinski definition) is 0. The maximum absolute atomic E-state index is 12.6. The second kappa shape index (κ2) is 5.88. The topological polar surface area (TPSA) is 56.1 Å². The molecule has 0 N–H and O–H groups in total. The lowest BCUT2D eigenvalue weighted by Gasteiger charge is -2.44. The van der Waals surface area contributed by atoms with Crippen molar-refractivity contribution < 1.29 is 14.3 Å². The Morgan fingerprint density at radius 2 is 2.16 bits per heavy atom. The van der Waals surface area contributed by atoms with Crippen LogP contribution in [-0.4, -0.2) is 51.3 Å². The molecule has 0 aliphatic carbocycles. The SMILES string of the molecule is CC(C)(C)OC(=O)N1C2C=C(c3cccc4nccn34)CC1COC2. The molecule has 2 bridgehead atoms. The molecule has 2 atom stereocenters. The molecule has 2 unspecified atom stereocenters. The minimum atomic E-state index is -0.501. The number of nitrogens with zero attached hydrogens (tertiary/aromatic N) is 3. The Kier molecular flexibility index (Phi) is 3.80. The summed E-state index contributed by atoms with van der Waals surface area (Å²) in [7, 11) is 0. The maximum atomic E-state index is 12.6. The highest BCUT2D eigenvalue weighted by Gasteiger charge is 2.40. The first-order valence-electron chi connectivity index (χ1n) is 8.64. The van der Waals surface area contributed by atoms with Crippen molar-refractivity contribution >= 4 is 17.3 Å². The lowest BCUT2D eigenvalue weighted by atomic mass is 9.92. The molecule has 132 valence electrons. The summed E-state index contributed by atoms with van der Waals surface area (Å²) < 4.78 is 13.4. The van der Waals surface area contributed by atoms with E-state index >= 15 is 0 Å². The van der Waals surface area contributed by atoms with Crippen molar-refractivity contribution in [3.63, 3.8) is 0 Å². The molecule has 2 aromatic rings. The van der Waals surface area contributed by atoms with Crippen LogP contribution in [0.5, 0.6) is 0 Å². The molecule has 4 rings (SSSR count). The van der Waals surface area contributed by atoms with E-state index in [1.807, 2.05) is 44.0 Å². The van der Waals surface area contributed by atoms with Crippen LogP contribution in [0.1, 0.15) is 32.9 Å². The molecule has 1 saturated heterocycles. The predicted octanol–water partition coefficient (Wildman–Crippen LogP) is 3.13. The van der Waals surface area contributed by atoms with Gasteiger partial charge < -0.3 is 13.9 Å². The lowest BCUT2D eigenvalue weighted by Crippen LogP contribution is -2.57. The van der Waals surface area contributed by atoms with E-state index in [-0.39, 0.29) is 18.2 Å². The van der Waals surface area contributed by atoms with E-state index in [2.05, 4.69) is 21.5 Å². The van der Waals surface area contributed by atoms with E-state index < -0.39 is 5.60 Å². The Morgan fingerprint density at radius 3 is 2.92 bits per heavy atom. The van der Waals surface area contributed by atoms with Crippen molar-refractivity contribution in [2.45, 2.75) is 44.9 Å². The average Bonchev–Trinajstić information content (AvgIpc) is 3.00. The zero-order valence-electron chi connectivity index (χ0n) is 14.8. The third kappa shape index (κ3) is 3.02. The van der Waals surface area contributed by atoms with Crippen molar-refractivity contribution in [2.75, 3.05) is 13.2 Å². The molecular weight excluding hydrogens is 318 g/mol. The van der Waals surface area contributed by atoms with E-state index in [0.29, 0.717) is 13.2 Å². The van der Waals surface area contributed by atoms with Crippen LogP contribution >= 0.6 is 0 Å². The Bertz CT molecular complexity index is 834. The number of imidazole rings is 1. The van der Waals surface area contributed by atoms with Gasteiger partial charge >= 0.3 is 6.09 Å². The van der Waals surface area contributed by atoms with E-state index in [0.717, 1.165) is 17.8 Å². The van der Waals surface area contributed by atoms with Crippen LogP contribution in [0, 0.1) is 0 Å². The van der Waals surface area contributed by atoms with Crippen LogP contribution in [0.2, 0.25) is 0 Å². The van der Waals surface area contributed by atoms with Gasteiger partial charge in [-0.25, -0.2) is 9.78 Å². The van der Waals surface area contributed by atoms with Gasteiger partial charge in [0, 0.05) is 12.4 Å². The number of fused-ring (bicyclic) bond motifs is 3. The first-order chi connectivity index (χ1) is 11.9. The molecule has 25 heavy (non-hydrogen) atoms. The number of morpholine rings is 1. The zero-order valence-corrected chi connectivity index (χ0v) is 14.8. The van der Waals surface area contributed by atoms with Gasteiger partial charge in [-0.05, 0) is 44.9 Å². The Balaban J connectivity index is 1.68. The maximum Gasteiger partial charge on any atom is 0.411 e. The fraction of sp³-hybridized carbons (Fsp3) is 0.474. The van der Waals surface area contributed by atoms with Crippen molar-refractivity contribution in [1.82, 2.24) is 14.3 Å². The second-order valence-electron chi connectivity index (χ2n) is 7.61. The summed E-state index contributed by atoms with van der Waals surface area (Å²) in [5.74, 6) is 0. The number of carbonyl (C=O) groups excluding carboxylic acids is 1. The summed E-state index contributed by atoms with van der Waals surface area (Å²) in [5.41, 5.74) is 2.77. The Morgan fingerprint density at radius 1 is 1.32 bits per heavy atom. The van der Waals surface area contributed by atoms with Gasteiger partial charge in [-0.3, -0.25) is 4.90 Å². The monoisotopic (exact) mass is 341 g/mol. The van der Waals surface area contributed by atoms with Crippen LogP contribution < -0.4 is 0 Å². The van der Waals surface area contributed by atoms with E-state index in [4.69, 9.17) is 9.47 Å². The van der Waals surface area contributed by atoms with Crippen molar-refractivity contribution in [3.05, 3.63) is 42.4 Å². The lowest BCUT2D eigenvalue weighted by molar-refractivity contribution is -0.0511. The number of rotatable bonds is 1. The highest BCUT2D eigenvalue weighted by molar-refractivity contribution is 5.74. The normalized spacial score (nSPS) is 23.5. The molecule has 4 heterocycles. The molecule has 2 aliphatic rings. The molecule has 0 radical (unpaired) electrons. The number of hydrogen-bond acceptors (Lipinski definition) is 4. The summed E-state index contributed by atoms with van der Waals surface area (Å²) in [6, 6.07) is 6.00. The van der Waals surface area contributed by atoms with Gasteiger partial charge in [-0.15, -0.1) is 0 Å². The first kappa shape index (κ1) is 16.1. The first-order valence-corrected chi connectivity index (χ1v) is 8.64. The Labute approximate surface area is 147 Å². The molecular formula is C19H23N3O3. The molecule has 1 fully saturated rings. The summed E-state index contributed by atoms with van der Waals surface area (Å²) in [6.45, 7) is 6.71. The number of ether oxygens (including phenoxy) is 2. The highest BCUT2D eigenvalue weighted by atomic mass is 16.6. The van der Waals surface area contributed by atoms with E-state index in [1.165, 1.54) is 5.57 Å². The summed E-state index contributed by atoms with van der Waals surface area (Å²) in [5, 5.41) is 0. The number of pyridine rings is 1. The van der Waals surface area contributed by atoms with Gasteiger partial charge in [0.05, 0.1) is 31.0 Å². The largest absolute Gasteiger partial charge is 0.444 e. The third-order valence-corrected chi connectivity index (χ3v) is 4.56. The number of carbonyl (C=O) groups is 1. The van der Waals surface area contributed by atoms with Crippen molar-refractivity contribution in [1.29, 1.82) is 0 Å². The standard InChI is InChI=1S/C19H23N3O3/c1-19(2,3)25-18(23)22-14-9-13(10-15(22)12-24-11-14)16-5-4-6-17-20-7-8-21(16)17/h4-9,14-15H,10-12H2,1-3H3. The van der Waals surface area contributed by atoms with Gasteiger partial charge in [-0.1, -0.05) is 12.1 Å². The third-order valence-electron chi connectivity index (χ3n) is 4.56. The van der Waals surface area contributed by atoms with Crippen LogP contribution in [0.4, 0.5) is 4.79 Å². The smallest absolute Gasteiger partial charge is 0.411 e. The minimum Gasteiger partial charge on any atom is -0.444 e. The molecule has 0 aromatic carbocycles. The van der Waals surface area contributed by atoms with Gasteiger partial charge in [0.15, 0.2) is 0 Å². The summed E-state index contributed by atoms with van der Waals surface area (Å²) in [6.07, 6.45) is 6.39. The van der Waals surface area contributed by atoms with E-state index in [9.17, 15) is 4.79 Å². The van der Waals surface area contributed by atoms with Crippen molar-refractivity contribution in [2.24, 2.45) is 0 Å². The summed E-state index contributed by atoms with van der Waals surface area (Å²) >= 11 is 0. The molecule has 0 saturated carbocycles. The minimum absolute atomic E-state index is 0.00706. The fourth-order valence-corrected chi connectivity index (χ4v) is 3.59. The van der Waals surface area contributed by atoms with Crippen LogP contribution in [0.3, 0.4) is 0 Å². The van der Waals surface area contributed by atoms with Gasteiger partial charge in [0.2, 0.25) is 0 Å². The molecule has 2 aliphatic heterocycles. The zero-order chi connectivity index (χ0) is 17.6. The average molecular weight is 341 g/mol. The number of aromatic nitrogens is 2. The molecule has 6 heteroatoms. The van der Waals surface area contributed by atoms with Crippen LogP contribution in [0.15, 0.2) is 36.7 Å². The van der Waals surface area contributed by atoms with Gasteiger partial charge in [0.25, 0.3) is 0 Å². The number of amides is 1. The quantitative estimate of drug-likeness (QED) is 0.800. The molecule has 2 aromatic heterocycles. The molecule has 0 spiro atoms. The Hall–Kier alpha value is -2.34. The van der Waals surface area contributed by atoms with Crippen LogP contribution in [-0.2, 0) is 9.47 Å². The molecule has 6 nitrogen and oxygen atoms in total. The van der Waals surface area contributed by atoms with E-state index in [1.54, 1.807) is 6.20 Å². The molecule has 1 amide bonds. The fourth-order valence-electron chi connectivity index (χ4n) is 3.59. The predicted molar refractivity (Wildman–Crippen MR) is 94.3 cm³/mol. The summed E-state index contributed by atoms with van der Waals surface area (Å²) in [4.78, 5) is 18.8. The van der Waals surface area contributed by atoms with Crippen LogP contribution in [0.25, 0.3) is 11.2 Å².